The highest BCUT2D eigenvalue weighted by molar-refractivity contribution is 5.96. The van der Waals surface area contributed by atoms with E-state index in [1.165, 1.54) is 5.56 Å². The molecule has 1 aliphatic rings. The maximum absolute atomic E-state index is 13.0. The van der Waals surface area contributed by atoms with Crippen LogP contribution in [0.3, 0.4) is 0 Å². The smallest absolute Gasteiger partial charge is 0.254 e. The number of benzene rings is 2. The first-order chi connectivity index (χ1) is 16.5. The molecule has 7 nitrogen and oxygen atoms in total. The summed E-state index contributed by atoms with van der Waals surface area (Å²) in [5, 5.41) is 8.87. The second-order valence-corrected chi connectivity index (χ2v) is 8.55. The van der Waals surface area contributed by atoms with Gasteiger partial charge in [-0.25, -0.2) is 0 Å². The molecule has 1 fully saturated rings. The number of hydrogen-bond acceptors (Lipinski definition) is 5. The minimum Gasteiger partial charge on any atom is -0.353 e. The van der Waals surface area contributed by atoms with Crippen molar-refractivity contribution in [2.45, 2.75) is 20.3 Å². The monoisotopic (exact) mass is 457 g/mol. The van der Waals surface area contributed by atoms with Crippen LogP contribution in [0.1, 0.15) is 29.3 Å². The van der Waals surface area contributed by atoms with Crippen molar-refractivity contribution in [1.29, 1.82) is 0 Å². The first-order valence-electron chi connectivity index (χ1n) is 11.8. The third-order valence-corrected chi connectivity index (χ3v) is 6.19. The number of nitrogens with zero attached hydrogens (tertiary/aromatic N) is 5. The Morgan fingerprint density at radius 2 is 1.65 bits per heavy atom. The molecule has 2 aromatic carbocycles. The van der Waals surface area contributed by atoms with E-state index < -0.39 is 0 Å². The van der Waals surface area contributed by atoms with Gasteiger partial charge in [0.25, 0.3) is 5.91 Å². The van der Waals surface area contributed by atoms with Crippen LogP contribution < -0.4 is 4.90 Å². The number of likely N-dealkylation sites (N-methyl/N-ethyl adjacent to an activating group) is 1. The molecule has 1 aromatic heterocycles. The zero-order chi connectivity index (χ0) is 23.9. The highest BCUT2D eigenvalue weighted by Crippen LogP contribution is 2.20. The van der Waals surface area contributed by atoms with E-state index in [2.05, 4.69) is 46.3 Å². The fourth-order valence-electron chi connectivity index (χ4n) is 4.12. The molecular formula is C27H31N5O2. The Morgan fingerprint density at radius 3 is 2.32 bits per heavy atom. The summed E-state index contributed by atoms with van der Waals surface area (Å²) in [7, 11) is 0. The van der Waals surface area contributed by atoms with Crippen LogP contribution >= 0.6 is 0 Å². The van der Waals surface area contributed by atoms with Gasteiger partial charge in [0, 0.05) is 43.9 Å². The van der Waals surface area contributed by atoms with E-state index in [4.69, 9.17) is 0 Å². The fourth-order valence-corrected chi connectivity index (χ4v) is 4.12. The van der Waals surface area contributed by atoms with Crippen molar-refractivity contribution in [3.05, 3.63) is 77.9 Å². The number of aromatic nitrogens is 2. The molecule has 2 heterocycles. The van der Waals surface area contributed by atoms with Gasteiger partial charge in [0.1, 0.15) is 6.54 Å². The molecule has 0 spiro atoms. The van der Waals surface area contributed by atoms with Gasteiger partial charge in [-0.3, -0.25) is 9.59 Å². The largest absolute Gasteiger partial charge is 0.353 e. The molecule has 0 bridgehead atoms. The zero-order valence-electron chi connectivity index (χ0n) is 19.9. The SMILES string of the molecule is CCN(CC(=O)N1CCCN(c2ccc(-c3ccc(C)cc3)nn2)CC1)C(=O)c1ccccc1. The van der Waals surface area contributed by atoms with E-state index in [1.54, 1.807) is 17.0 Å². The second-order valence-electron chi connectivity index (χ2n) is 8.55. The van der Waals surface area contributed by atoms with Crippen molar-refractivity contribution in [2.75, 3.05) is 44.2 Å². The lowest BCUT2D eigenvalue weighted by molar-refractivity contribution is -0.131. The van der Waals surface area contributed by atoms with Crippen molar-refractivity contribution < 1.29 is 9.59 Å². The van der Waals surface area contributed by atoms with Crippen LogP contribution in [-0.2, 0) is 4.79 Å². The molecule has 4 rings (SSSR count). The summed E-state index contributed by atoms with van der Waals surface area (Å²) in [6.45, 7) is 7.30. The van der Waals surface area contributed by atoms with Gasteiger partial charge >= 0.3 is 0 Å². The Balaban J connectivity index is 1.35. The second kappa shape index (κ2) is 10.9. The topological polar surface area (TPSA) is 69.6 Å². The Morgan fingerprint density at radius 1 is 0.882 bits per heavy atom. The van der Waals surface area contributed by atoms with E-state index in [0.717, 1.165) is 30.0 Å². The van der Waals surface area contributed by atoms with Crippen molar-refractivity contribution in [3.63, 3.8) is 0 Å². The molecule has 1 aliphatic heterocycles. The number of carbonyl (C=O) groups excluding carboxylic acids is 2. The summed E-state index contributed by atoms with van der Waals surface area (Å²) in [4.78, 5) is 31.4. The van der Waals surface area contributed by atoms with E-state index in [0.29, 0.717) is 31.7 Å². The zero-order valence-corrected chi connectivity index (χ0v) is 19.9. The molecule has 7 heteroatoms. The maximum atomic E-state index is 13.0. The third kappa shape index (κ3) is 5.60. The van der Waals surface area contributed by atoms with Crippen molar-refractivity contribution in [2.24, 2.45) is 0 Å². The molecular weight excluding hydrogens is 426 g/mol. The summed E-state index contributed by atoms with van der Waals surface area (Å²) in [6, 6.07) is 21.3. The molecule has 34 heavy (non-hydrogen) atoms. The summed E-state index contributed by atoms with van der Waals surface area (Å²) in [5.41, 5.74) is 3.70. The van der Waals surface area contributed by atoms with Gasteiger partial charge in [0.15, 0.2) is 5.82 Å². The van der Waals surface area contributed by atoms with Crippen molar-refractivity contribution in [3.8, 4) is 11.3 Å². The lowest BCUT2D eigenvalue weighted by atomic mass is 10.1. The Kier molecular flexibility index (Phi) is 7.52. The van der Waals surface area contributed by atoms with Crippen LogP contribution in [0.4, 0.5) is 5.82 Å². The summed E-state index contributed by atoms with van der Waals surface area (Å²) < 4.78 is 0. The van der Waals surface area contributed by atoms with E-state index in [9.17, 15) is 9.59 Å². The minimum atomic E-state index is -0.114. The average molecular weight is 458 g/mol. The van der Waals surface area contributed by atoms with Gasteiger partial charge in [0.2, 0.25) is 5.91 Å². The first-order valence-corrected chi connectivity index (χ1v) is 11.8. The molecule has 0 unspecified atom stereocenters. The number of anilines is 1. The quantitative estimate of drug-likeness (QED) is 0.565. The molecule has 176 valence electrons. The van der Waals surface area contributed by atoms with Crippen molar-refractivity contribution in [1.82, 2.24) is 20.0 Å². The van der Waals surface area contributed by atoms with Crippen LogP contribution in [0.25, 0.3) is 11.3 Å². The Hall–Kier alpha value is -3.74. The van der Waals surface area contributed by atoms with Gasteiger partial charge in [-0.1, -0.05) is 48.0 Å². The van der Waals surface area contributed by atoms with Gasteiger partial charge in [-0.15, -0.1) is 10.2 Å². The van der Waals surface area contributed by atoms with Crippen molar-refractivity contribution >= 4 is 17.6 Å². The minimum absolute atomic E-state index is 0.0196. The Labute approximate surface area is 201 Å². The highest BCUT2D eigenvalue weighted by Gasteiger charge is 2.24. The summed E-state index contributed by atoms with van der Waals surface area (Å²) in [5.74, 6) is 0.685. The predicted molar refractivity (Wildman–Crippen MR) is 134 cm³/mol. The lowest BCUT2D eigenvalue weighted by Gasteiger charge is -2.26. The normalized spacial score (nSPS) is 13.9. The maximum Gasteiger partial charge on any atom is 0.254 e. The summed E-state index contributed by atoms with van der Waals surface area (Å²) >= 11 is 0. The molecule has 0 aliphatic carbocycles. The highest BCUT2D eigenvalue weighted by atomic mass is 16.2. The van der Waals surface area contributed by atoms with E-state index >= 15 is 0 Å². The summed E-state index contributed by atoms with van der Waals surface area (Å²) in [6.07, 6.45) is 0.839. The molecule has 3 aromatic rings. The number of aryl methyl sites for hydroxylation is 1. The number of amides is 2. The van der Waals surface area contributed by atoms with Crippen LogP contribution in [-0.4, -0.2) is 71.1 Å². The molecule has 0 atom stereocenters. The van der Waals surface area contributed by atoms with Crippen LogP contribution in [0.2, 0.25) is 0 Å². The predicted octanol–water partition coefficient (Wildman–Crippen LogP) is 3.65. The number of carbonyl (C=O) groups is 2. The first kappa shape index (κ1) is 23.4. The van der Waals surface area contributed by atoms with Crippen LogP contribution in [0.15, 0.2) is 66.7 Å². The Bertz CT molecular complexity index is 1100. The van der Waals surface area contributed by atoms with Gasteiger partial charge < -0.3 is 14.7 Å². The third-order valence-electron chi connectivity index (χ3n) is 6.19. The van der Waals surface area contributed by atoms with Crippen LogP contribution in [0.5, 0.6) is 0 Å². The van der Waals surface area contributed by atoms with Crippen LogP contribution in [0, 0.1) is 6.92 Å². The molecule has 0 saturated carbocycles. The standard InChI is InChI=1S/C27H31N5O2/c1-3-30(27(34)23-8-5-4-6-9-23)20-26(33)32-17-7-16-31(18-19-32)25-15-14-24(28-29-25)22-12-10-21(2)11-13-22/h4-6,8-15H,3,7,16-20H2,1-2H3. The molecule has 0 radical (unpaired) electrons. The lowest BCUT2D eigenvalue weighted by Crippen LogP contribution is -2.44. The van der Waals surface area contributed by atoms with Gasteiger partial charge in [-0.2, -0.15) is 0 Å². The molecule has 1 saturated heterocycles. The fraction of sp³-hybridized carbons (Fsp3) is 0.333. The number of rotatable bonds is 6. The van der Waals surface area contributed by atoms with Gasteiger partial charge in [-0.05, 0) is 44.5 Å². The molecule has 2 amide bonds. The van der Waals surface area contributed by atoms with E-state index in [-0.39, 0.29) is 18.4 Å². The number of hydrogen-bond donors (Lipinski definition) is 0. The molecule has 0 N–H and O–H groups in total. The van der Waals surface area contributed by atoms with Gasteiger partial charge in [0.05, 0.1) is 5.69 Å². The average Bonchev–Trinajstić information content (AvgIpc) is 3.14. The van der Waals surface area contributed by atoms with E-state index in [1.807, 2.05) is 42.2 Å².